The molecule has 5 heteroatoms. The van der Waals surface area contributed by atoms with Crippen molar-refractivity contribution in [2.45, 2.75) is 0 Å². The average molecular weight is 212 g/mol. The normalized spacial score (nSPS) is 10.8. The zero-order valence-corrected chi connectivity index (χ0v) is 8.27. The highest BCUT2D eigenvalue weighted by atomic mass is 16.1. The standard InChI is InChI=1S/C11H8N4O/c16-11-10(7-5-12-13-6-7)14-8-3-1-2-4-9(8)15-11/h1-6H,(H,12,13)(H,15,16). The number of hydrogen-bond acceptors (Lipinski definition) is 3. The largest absolute Gasteiger partial charge is 0.319 e. The number of hydrogen-bond donors (Lipinski definition) is 2. The smallest absolute Gasteiger partial charge is 0.275 e. The molecule has 0 atom stereocenters. The van der Waals surface area contributed by atoms with E-state index in [-0.39, 0.29) is 5.56 Å². The topological polar surface area (TPSA) is 74.4 Å². The number of benzene rings is 1. The first-order valence-electron chi connectivity index (χ1n) is 4.83. The van der Waals surface area contributed by atoms with E-state index in [2.05, 4.69) is 20.2 Å². The lowest BCUT2D eigenvalue weighted by molar-refractivity contribution is 1.09. The van der Waals surface area contributed by atoms with Crippen molar-refractivity contribution in [3.63, 3.8) is 0 Å². The third-order valence-corrected chi connectivity index (χ3v) is 2.37. The highest BCUT2D eigenvalue weighted by Gasteiger charge is 2.07. The summed E-state index contributed by atoms with van der Waals surface area (Å²) in [6, 6.07) is 7.42. The zero-order chi connectivity index (χ0) is 11.0. The van der Waals surface area contributed by atoms with E-state index in [1.165, 1.54) is 0 Å². The number of nitrogens with zero attached hydrogens (tertiary/aromatic N) is 2. The fourth-order valence-electron chi connectivity index (χ4n) is 1.61. The third-order valence-electron chi connectivity index (χ3n) is 2.37. The molecule has 5 nitrogen and oxygen atoms in total. The Morgan fingerprint density at radius 2 is 2.06 bits per heavy atom. The van der Waals surface area contributed by atoms with Crippen molar-refractivity contribution >= 4 is 11.0 Å². The minimum atomic E-state index is -0.208. The number of aromatic amines is 2. The number of H-pyrrole nitrogens is 2. The summed E-state index contributed by atoms with van der Waals surface area (Å²) in [6.07, 6.45) is 3.22. The van der Waals surface area contributed by atoms with Gasteiger partial charge in [0, 0.05) is 11.8 Å². The molecule has 3 aromatic rings. The van der Waals surface area contributed by atoms with Crippen LogP contribution in [0, 0.1) is 0 Å². The van der Waals surface area contributed by atoms with Crippen molar-refractivity contribution in [3.05, 3.63) is 47.0 Å². The zero-order valence-electron chi connectivity index (χ0n) is 8.27. The lowest BCUT2D eigenvalue weighted by Crippen LogP contribution is -2.10. The molecule has 0 amide bonds. The molecule has 0 aliphatic carbocycles. The van der Waals surface area contributed by atoms with E-state index in [9.17, 15) is 4.79 Å². The molecule has 16 heavy (non-hydrogen) atoms. The van der Waals surface area contributed by atoms with E-state index in [1.54, 1.807) is 12.4 Å². The van der Waals surface area contributed by atoms with Gasteiger partial charge in [-0.2, -0.15) is 5.10 Å². The maximum absolute atomic E-state index is 11.8. The molecule has 0 radical (unpaired) electrons. The number of fused-ring (bicyclic) bond motifs is 1. The highest BCUT2D eigenvalue weighted by Crippen LogP contribution is 2.13. The van der Waals surface area contributed by atoms with E-state index < -0.39 is 0 Å². The van der Waals surface area contributed by atoms with Crippen molar-refractivity contribution in [3.8, 4) is 11.3 Å². The Balaban J connectivity index is 2.34. The van der Waals surface area contributed by atoms with Crippen LogP contribution in [0.4, 0.5) is 0 Å². The van der Waals surface area contributed by atoms with Crippen molar-refractivity contribution in [2.75, 3.05) is 0 Å². The van der Waals surface area contributed by atoms with Crippen LogP contribution in [0.3, 0.4) is 0 Å². The summed E-state index contributed by atoms with van der Waals surface area (Å²) in [5.41, 5.74) is 2.36. The summed E-state index contributed by atoms with van der Waals surface area (Å²) in [7, 11) is 0. The van der Waals surface area contributed by atoms with Crippen LogP contribution in [0.15, 0.2) is 41.5 Å². The molecule has 0 fully saturated rings. The molecular weight excluding hydrogens is 204 g/mol. The second kappa shape index (κ2) is 3.30. The molecule has 2 N–H and O–H groups in total. The van der Waals surface area contributed by atoms with E-state index in [4.69, 9.17) is 0 Å². The summed E-state index contributed by atoms with van der Waals surface area (Å²) in [5, 5.41) is 6.46. The second-order valence-electron chi connectivity index (χ2n) is 3.42. The maximum Gasteiger partial charge on any atom is 0.275 e. The van der Waals surface area contributed by atoms with E-state index in [0.717, 1.165) is 11.0 Å². The molecule has 2 heterocycles. The fraction of sp³-hybridized carbons (Fsp3) is 0. The summed E-state index contributed by atoms with van der Waals surface area (Å²) in [4.78, 5) is 18.9. The predicted molar refractivity (Wildman–Crippen MR) is 59.9 cm³/mol. The van der Waals surface area contributed by atoms with Crippen molar-refractivity contribution < 1.29 is 0 Å². The summed E-state index contributed by atoms with van der Waals surface area (Å²) < 4.78 is 0. The molecule has 0 saturated carbocycles. The SMILES string of the molecule is O=c1[nH]c2ccccc2nc1-c1cn[nH]c1. The number of aromatic nitrogens is 4. The minimum absolute atomic E-state index is 0.208. The van der Waals surface area contributed by atoms with E-state index in [1.807, 2.05) is 24.3 Å². The van der Waals surface area contributed by atoms with Gasteiger partial charge in [-0.1, -0.05) is 12.1 Å². The average Bonchev–Trinajstić information content (AvgIpc) is 2.81. The second-order valence-corrected chi connectivity index (χ2v) is 3.42. The molecule has 3 rings (SSSR count). The van der Waals surface area contributed by atoms with Crippen LogP contribution in [0.2, 0.25) is 0 Å². The van der Waals surface area contributed by atoms with Gasteiger partial charge in [-0.3, -0.25) is 9.89 Å². The molecule has 0 saturated heterocycles. The maximum atomic E-state index is 11.8. The number of rotatable bonds is 1. The Labute approximate surface area is 90.2 Å². The quantitative estimate of drug-likeness (QED) is 0.638. The monoisotopic (exact) mass is 212 g/mol. The number of nitrogens with one attached hydrogen (secondary N) is 2. The highest BCUT2D eigenvalue weighted by molar-refractivity contribution is 5.76. The van der Waals surface area contributed by atoms with Gasteiger partial charge in [-0.05, 0) is 12.1 Å². The Bertz CT molecular complexity index is 685. The van der Waals surface area contributed by atoms with Crippen LogP contribution in [0.25, 0.3) is 22.3 Å². The molecule has 0 aliphatic rings. The van der Waals surface area contributed by atoms with E-state index >= 15 is 0 Å². The van der Waals surface area contributed by atoms with Crippen molar-refractivity contribution in [1.29, 1.82) is 0 Å². The summed E-state index contributed by atoms with van der Waals surface area (Å²) in [6.45, 7) is 0. The molecule has 0 bridgehead atoms. The Morgan fingerprint density at radius 3 is 2.88 bits per heavy atom. The van der Waals surface area contributed by atoms with Gasteiger partial charge in [0.05, 0.1) is 17.2 Å². The molecule has 0 unspecified atom stereocenters. The van der Waals surface area contributed by atoms with Crippen LogP contribution in [-0.2, 0) is 0 Å². The van der Waals surface area contributed by atoms with Crippen LogP contribution in [0.1, 0.15) is 0 Å². The number of para-hydroxylation sites is 2. The third kappa shape index (κ3) is 1.30. The summed E-state index contributed by atoms with van der Waals surface area (Å²) >= 11 is 0. The van der Waals surface area contributed by atoms with Gasteiger partial charge in [0.25, 0.3) is 5.56 Å². The van der Waals surface area contributed by atoms with Crippen molar-refractivity contribution in [1.82, 2.24) is 20.2 Å². The molecule has 0 aliphatic heterocycles. The van der Waals surface area contributed by atoms with Crippen molar-refractivity contribution in [2.24, 2.45) is 0 Å². The van der Waals surface area contributed by atoms with Gasteiger partial charge < -0.3 is 4.98 Å². The van der Waals surface area contributed by atoms with Crippen LogP contribution in [0.5, 0.6) is 0 Å². The van der Waals surface area contributed by atoms with Crippen LogP contribution >= 0.6 is 0 Å². The Kier molecular flexibility index (Phi) is 1.83. The van der Waals surface area contributed by atoms with Gasteiger partial charge in [0.15, 0.2) is 0 Å². The lowest BCUT2D eigenvalue weighted by Gasteiger charge is -1.99. The van der Waals surface area contributed by atoms with Gasteiger partial charge in [-0.25, -0.2) is 4.98 Å². The van der Waals surface area contributed by atoms with E-state index in [0.29, 0.717) is 11.3 Å². The molecule has 2 aromatic heterocycles. The van der Waals surface area contributed by atoms with Gasteiger partial charge in [0.1, 0.15) is 5.69 Å². The fourth-order valence-corrected chi connectivity index (χ4v) is 1.61. The van der Waals surface area contributed by atoms with Crippen LogP contribution in [-0.4, -0.2) is 20.2 Å². The van der Waals surface area contributed by atoms with Gasteiger partial charge in [-0.15, -0.1) is 0 Å². The first kappa shape index (κ1) is 8.84. The van der Waals surface area contributed by atoms with Gasteiger partial charge in [0.2, 0.25) is 0 Å². The molecule has 1 aromatic carbocycles. The van der Waals surface area contributed by atoms with Gasteiger partial charge >= 0.3 is 0 Å². The first-order valence-corrected chi connectivity index (χ1v) is 4.83. The minimum Gasteiger partial charge on any atom is -0.319 e. The Morgan fingerprint density at radius 1 is 1.19 bits per heavy atom. The molecule has 0 spiro atoms. The molecular formula is C11H8N4O. The summed E-state index contributed by atoms with van der Waals surface area (Å²) in [5.74, 6) is 0. The Hall–Kier alpha value is -2.43. The predicted octanol–water partition coefficient (Wildman–Crippen LogP) is 1.31. The lowest BCUT2D eigenvalue weighted by atomic mass is 10.2. The van der Waals surface area contributed by atoms with Crippen LogP contribution < -0.4 is 5.56 Å². The molecule has 78 valence electrons. The first-order chi connectivity index (χ1) is 7.84.